The van der Waals surface area contributed by atoms with Gasteiger partial charge in [-0.3, -0.25) is 0 Å². The van der Waals surface area contributed by atoms with Gasteiger partial charge in [0.05, 0.1) is 23.4 Å². The van der Waals surface area contributed by atoms with E-state index in [0.29, 0.717) is 0 Å². The Morgan fingerprint density at radius 1 is 1.17 bits per heavy atom. The Hall–Kier alpha value is -2.18. The molecule has 0 aliphatic carbocycles. The minimum absolute atomic E-state index is 0.826. The Kier molecular flexibility index (Phi) is 5.27. The molecule has 0 atom stereocenters. The van der Waals surface area contributed by atoms with Crippen molar-refractivity contribution >= 4 is 34.1 Å². The molecule has 3 rings (SSSR count). The van der Waals surface area contributed by atoms with Crippen molar-refractivity contribution in [1.82, 2.24) is 4.68 Å². The molecule has 24 heavy (non-hydrogen) atoms. The summed E-state index contributed by atoms with van der Waals surface area (Å²) < 4.78 is 7.14. The van der Waals surface area contributed by atoms with E-state index in [0.717, 1.165) is 34.1 Å². The van der Waals surface area contributed by atoms with E-state index >= 15 is 0 Å². The first-order valence-electron chi connectivity index (χ1n) is 7.69. The van der Waals surface area contributed by atoms with Crippen molar-refractivity contribution in [1.29, 1.82) is 0 Å². The monoisotopic (exact) mass is 357 g/mol. The van der Waals surface area contributed by atoms with Gasteiger partial charge in [0.25, 0.3) is 0 Å². The third-order valence-electron chi connectivity index (χ3n) is 3.54. The lowest BCUT2D eigenvalue weighted by atomic mass is 10.3. The summed E-state index contributed by atoms with van der Waals surface area (Å²) in [6.07, 6.45) is 0.911. The van der Waals surface area contributed by atoms with Crippen LogP contribution in [0.5, 0.6) is 5.75 Å². The number of benzene rings is 1. The van der Waals surface area contributed by atoms with Crippen LogP contribution >= 0.6 is 22.7 Å². The summed E-state index contributed by atoms with van der Waals surface area (Å²) in [6.45, 7) is 4.15. The zero-order chi connectivity index (χ0) is 16.9. The molecule has 0 fully saturated rings. The molecule has 0 amide bonds. The van der Waals surface area contributed by atoms with Gasteiger partial charge in [-0.1, -0.05) is 13.0 Å². The molecule has 0 aliphatic heterocycles. The average molecular weight is 358 g/mol. The molecule has 2 heterocycles. The van der Waals surface area contributed by atoms with Gasteiger partial charge in [0.15, 0.2) is 0 Å². The predicted octanol–water partition coefficient (Wildman–Crippen LogP) is 5.15. The minimum Gasteiger partial charge on any atom is -0.497 e. The fourth-order valence-electron chi connectivity index (χ4n) is 2.08. The number of rotatable bonds is 5. The van der Waals surface area contributed by atoms with Crippen molar-refractivity contribution in [3.63, 3.8) is 0 Å². The van der Waals surface area contributed by atoms with Gasteiger partial charge in [0.1, 0.15) is 5.75 Å². The Bertz CT molecular complexity index is 887. The molecular formula is C18H19N3OS2. The SMILES string of the molecule is CCC(C)=Nn1c(-c2cccs2)csc1=Nc1ccc(OC)cc1. The molecule has 124 valence electrons. The van der Waals surface area contributed by atoms with E-state index in [4.69, 9.17) is 14.8 Å². The van der Waals surface area contributed by atoms with Gasteiger partial charge >= 0.3 is 0 Å². The zero-order valence-corrected chi connectivity index (χ0v) is 15.5. The molecule has 0 bridgehead atoms. The van der Waals surface area contributed by atoms with Crippen molar-refractivity contribution in [3.05, 3.63) is 52.0 Å². The summed E-state index contributed by atoms with van der Waals surface area (Å²) in [6, 6.07) is 11.9. The number of thiophene rings is 1. The van der Waals surface area contributed by atoms with Gasteiger partial charge in [0.2, 0.25) is 4.80 Å². The van der Waals surface area contributed by atoms with Crippen LogP contribution < -0.4 is 9.54 Å². The lowest BCUT2D eigenvalue weighted by molar-refractivity contribution is 0.415. The molecular weight excluding hydrogens is 338 g/mol. The van der Waals surface area contributed by atoms with Crippen LogP contribution in [-0.4, -0.2) is 17.5 Å². The van der Waals surface area contributed by atoms with Crippen LogP contribution in [0.4, 0.5) is 5.69 Å². The van der Waals surface area contributed by atoms with Crippen molar-refractivity contribution < 1.29 is 4.74 Å². The summed E-state index contributed by atoms with van der Waals surface area (Å²) in [7, 11) is 1.66. The van der Waals surface area contributed by atoms with E-state index in [2.05, 4.69) is 29.8 Å². The fraction of sp³-hybridized carbons (Fsp3) is 0.222. The Labute approximate surface area is 149 Å². The molecule has 0 unspecified atom stereocenters. The lowest BCUT2D eigenvalue weighted by Crippen LogP contribution is -2.12. The quantitative estimate of drug-likeness (QED) is 0.582. The molecule has 2 aromatic heterocycles. The highest BCUT2D eigenvalue weighted by atomic mass is 32.1. The molecule has 0 N–H and O–H groups in total. The smallest absolute Gasteiger partial charge is 0.211 e. The van der Waals surface area contributed by atoms with Crippen LogP contribution in [0, 0.1) is 0 Å². The van der Waals surface area contributed by atoms with Crippen LogP contribution in [0.1, 0.15) is 20.3 Å². The van der Waals surface area contributed by atoms with Crippen molar-refractivity contribution in [2.75, 3.05) is 7.11 Å². The van der Waals surface area contributed by atoms with Crippen molar-refractivity contribution in [2.24, 2.45) is 10.1 Å². The van der Waals surface area contributed by atoms with E-state index < -0.39 is 0 Å². The maximum absolute atomic E-state index is 5.20. The van der Waals surface area contributed by atoms with Gasteiger partial charge in [-0.2, -0.15) is 5.10 Å². The minimum atomic E-state index is 0.826. The molecule has 1 aromatic carbocycles. The van der Waals surface area contributed by atoms with E-state index in [9.17, 15) is 0 Å². The molecule has 0 radical (unpaired) electrons. The highest BCUT2D eigenvalue weighted by Crippen LogP contribution is 2.26. The summed E-state index contributed by atoms with van der Waals surface area (Å²) in [5.74, 6) is 0.826. The van der Waals surface area contributed by atoms with E-state index in [1.807, 2.05) is 35.9 Å². The number of nitrogens with zero attached hydrogens (tertiary/aromatic N) is 3. The van der Waals surface area contributed by atoms with Crippen LogP contribution in [0.3, 0.4) is 0 Å². The fourth-order valence-corrected chi connectivity index (χ4v) is 3.72. The van der Waals surface area contributed by atoms with Gasteiger partial charge in [-0.25, -0.2) is 9.67 Å². The summed E-state index contributed by atoms with van der Waals surface area (Å²) in [5.41, 5.74) is 3.03. The Balaban J connectivity index is 2.11. The molecule has 3 aromatic rings. The standard InChI is InChI=1S/C18H19N3OS2/c1-4-13(2)20-21-16(17-6-5-11-23-17)12-24-18(21)19-14-7-9-15(22-3)10-8-14/h5-12H,4H2,1-3H3. The summed E-state index contributed by atoms with van der Waals surface area (Å²) >= 11 is 3.30. The number of aromatic nitrogens is 1. The number of thiazole rings is 1. The van der Waals surface area contributed by atoms with E-state index in [1.165, 1.54) is 4.88 Å². The predicted molar refractivity (Wildman–Crippen MR) is 103 cm³/mol. The number of hydrogen-bond donors (Lipinski definition) is 0. The molecule has 0 saturated heterocycles. The van der Waals surface area contributed by atoms with Crippen LogP contribution in [0.15, 0.2) is 57.3 Å². The van der Waals surface area contributed by atoms with Gasteiger partial charge < -0.3 is 4.74 Å². The van der Waals surface area contributed by atoms with Crippen LogP contribution in [-0.2, 0) is 0 Å². The van der Waals surface area contributed by atoms with Crippen LogP contribution in [0.25, 0.3) is 10.6 Å². The largest absolute Gasteiger partial charge is 0.497 e. The zero-order valence-electron chi connectivity index (χ0n) is 13.9. The first-order valence-corrected chi connectivity index (χ1v) is 9.45. The highest BCUT2D eigenvalue weighted by Gasteiger charge is 2.09. The second-order valence-corrected chi connectivity index (χ2v) is 6.98. The first kappa shape index (κ1) is 16.7. The number of methoxy groups -OCH3 is 1. The van der Waals surface area contributed by atoms with Gasteiger partial charge in [0, 0.05) is 11.1 Å². The highest BCUT2D eigenvalue weighted by molar-refractivity contribution is 7.14. The van der Waals surface area contributed by atoms with Gasteiger partial charge in [-0.15, -0.1) is 22.7 Å². The van der Waals surface area contributed by atoms with Gasteiger partial charge in [-0.05, 0) is 49.1 Å². The maximum atomic E-state index is 5.20. The number of hydrogen-bond acceptors (Lipinski definition) is 5. The van der Waals surface area contributed by atoms with Crippen molar-refractivity contribution in [3.8, 4) is 16.3 Å². The number of ether oxygens (including phenoxy) is 1. The second kappa shape index (κ2) is 7.59. The topological polar surface area (TPSA) is 38.9 Å². The van der Waals surface area contributed by atoms with E-state index in [-0.39, 0.29) is 0 Å². The Morgan fingerprint density at radius 3 is 2.58 bits per heavy atom. The Morgan fingerprint density at radius 2 is 1.96 bits per heavy atom. The molecule has 0 saturated carbocycles. The summed E-state index contributed by atoms with van der Waals surface area (Å²) in [5, 5.41) is 8.94. The third-order valence-corrected chi connectivity index (χ3v) is 5.25. The normalized spacial score (nSPS) is 12.6. The van der Waals surface area contributed by atoms with E-state index in [1.54, 1.807) is 29.8 Å². The maximum Gasteiger partial charge on any atom is 0.211 e. The van der Waals surface area contributed by atoms with Crippen molar-refractivity contribution in [2.45, 2.75) is 20.3 Å². The average Bonchev–Trinajstić information content (AvgIpc) is 3.26. The third kappa shape index (κ3) is 3.66. The molecule has 4 nitrogen and oxygen atoms in total. The molecule has 6 heteroatoms. The second-order valence-electron chi connectivity index (χ2n) is 5.19. The summed E-state index contributed by atoms with van der Waals surface area (Å²) in [4.78, 5) is 6.81. The lowest BCUT2D eigenvalue weighted by Gasteiger charge is -2.03. The first-order chi connectivity index (χ1) is 11.7. The molecule has 0 spiro atoms. The molecule has 0 aliphatic rings. The van der Waals surface area contributed by atoms with Crippen LogP contribution in [0.2, 0.25) is 0 Å².